The van der Waals surface area contributed by atoms with Crippen molar-refractivity contribution < 1.29 is 14.7 Å². The highest BCUT2D eigenvalue weighted by atomic mass is 16.4. The zero-order chi connectivity index (χ0) is 15.0. The highest BCUT2D eigenvalue weighted by molar-refractivity contribution is 6.03. The minimum Gasteiger partial charge on any atom is -0.478 e. The van der Waals surface area contributed by atoms with Crippen LogP contribution in [0.15, 0.2) is 18.3 Å². The van der Waals surface area contributed by atoms with E-state index in [1.807, 2.05) is 6.92 Å². The Labute approximate surface area is 123 Å². The first-order valence-corrected chi connectivity index (χ1v) is 7.31. The van der Waals surface area contributed by atoms with E-state index in [4.69, 9.17) is 0 Å². The van der Waals surface area contributed by atoms with Crippen molar-refractivity contribution in [3.05, 3.63) is 29.6 Å². The van der Waals surface area contributed by atoms with Gasteiger partial charge in [-0.1, -0.05) is 0 Å². The number of rotatable bonds is 2. The molecule has 0 radical (unpaired) electrons. The summed E-state index contributed by atoms with van der Waals surface area (Å²) in [7, 11) is 0. The van der Waals surface area contributed by atoms with Gasteiger partial charge in [-0.05, 0) is 38.4 Å². The van der Waals surface area contributed by atoms with Crippen molar-refractivity contribution in [2.24, 2.45) is 0 Å². The number of aromatic nitrogens is 1. The lowest BCUT2D eigenvalue weighted by molar-refractivity contribution is 0.0385. The van der Waals surface area contributed by atoms with Crippen molar-refractivity contribution >= 4 is 11.9 Å². The van der Waals surface area contributed by atoms with Crippen molar-refractivity contribution in [2.75, 3.05) is 19.6 Å². The Morgan fingerprint density at radius 2 is 2.19 bits per heavy atom. The van der Waals surface area contributed by atoms with Gasteiger partial charge in [-0.25, -0.2) is 4.79 Å². The summed E-state index contributed by atoms with van der Waals surface area (Å²) in [4.78, 5) is 32.2. The maximum absolute atomic E-state index is 12.7. The van der Waals surface area contributed by atoms with Gasteiger partial charge in [0.05, 0.1) is 5.56 Å². The minimum absolute atomic E-state index is 0.0245. The van der Waals surface area contributed by atoms with E-state index >= 15 is 0 Å². The van der Waals surface area contributed by atoms with Crippen LogP contribution >= 0.6 is 0 Å². The van der Waals surface area contributed by atoms with Gasteiger partial charge in [-0.2, -0.15) is 0 Å². The van der Waals surface area contributed by atoms with Gasteiger partial charge in [0.15, 0.2) is 0 Å². The average molecular weight is 289 g/mol. The maximum Gasteiger partial charge on any atom is 0.338 e. The maximum atomic E-state index is 12.7. The lowest BCUT2D eigenvalue weighted by Gasteiger charge is -2.42. The first-order chi connectivity index (χ1) is 10.1. The average Bonchev–Trinajstić information content (AvgIpc) is 2.92. The topological polar surface area (TPSA) is 73.7 Å². The molecule has 0 bridgehead atoms. The van der Waals surface area contributed by atoms with E-state index in [9.17, 15) is 14.7 Å². The molecule has 3 heterocycles. The minimum atomic E-state index is -1.11. The highest BCUT2D eigenvalue weighted by Crippen LogP contribution is 2.25. The van der Waals surface area contributed by atoms with Gasteiger partial charge in [-0.15, -0.1) is 0 Å². The molecule has 2 aliphatic rings. The predicted octanol–water partition coefficient (Wildman–Crippen LogP) is 1.09. The molecule has 0 spiro atoms. The van der Waals surface area contributed by atoms with Crippen molar-refractivity contribution in [3.63, 3.8) is 0 Å². The van der Waals surface area contributed by atoms with Crippen LogP contribution in [0, 0.1) is 0 Å². The Balaban J connectivity index is 1.86. The van der Waals surface area contributed by atoms with Crippen LogP contribution in [-0.2, 0) is 0 Å². The summed E-state index contributed by atoms with van der Waals surface area (Å²) >= 11 is 0. The quantitative estimate of drug-likeness (QED) is 0.882. The van der Waals surface area contributed by atoms with Crippen LogP contribution in [0.25, 0.3) is 0 Å². The Bertz CT molecular complexity index is 575. The molecule has 112 valence electrons. The fourth-order valence-electron chi connectivity index (χ4n) is 3.35. The van der Waals surface area contributed by atoms with E-state index in [0.29, 0.717) is 12.6 Å². The highest BCUT2D eigenvalue weighted by Gasteiger charge is 2.37. The molecule has 2 aliphatic heterocycles. The number of pyridine rings is 1. The molecule has 1 amide bonds. The third kappa shape index (κ3) is 2.51. The van der Waals surface area contributed by atoms with E-state index in [0.717, 1.165) is 19.5 Å². The van der Waals surface area contributed by atoms with Gasteiger partial charge in [0.25, 0.3) is 5.91 Å². The molecular formula is C15H19N3O3. The summed E-state index contributed by atoms with van der Waals surface area (Å²) < 4.78 is 0. The van der Waals surface area contributed by atoms with Gasteiger partial charge < -0.3 is 10.0 Å². The number of carbonyl (C=O) groups excluding carboxylic acids is 1. The zero-order valence-corrected chi connectivity index (χ0v) is 12.0. The smallest absolute Gasteiger partial charge is 0.338 e. The first-order valence-electron chi connectivity index (χ1n) is 7.31. The van der Waals surface area contributed by atoms with E-state index < -0.39 is 5.97 Å². The molecule has 0 saturated carbocycles. The van der Waals surface area contributed by atoms with Crippen molar-refractivity contribution in [1.29, 1.82) is 0 Å². The zero-order valence-electron chi connectivity index (χ0n) is 12.0. The van der Waals surface area contributed by atoms with Gasteiger partial charge in [-0.3, -0.25) is 14.7 Å². The first kappa shape index (κ1) is 14.0. The number of hydrogen-bond acceptors (Lipinski definition) is 4. The molecule has 2 atom stereocenters. The van der Waals surface area contributed by atoms with Crippen LogP contribution in [0.1, 0.15) is 40.6 Å². The van der Waals surface area contributed by atoms with Gasteiger partial charge in [0.1, 0.15) is 5.69 Å². The Kier molecular flexibility index (Phi) is 3.63. The molecule has 3 rings (SSSR count). The van der Waals surface area contributed by atoms with Crippen molar-refractivity contribution in [2.45, 2.75) is 31.8 Å². The molecule has 1 aromatic rings. The molecule has 2 unspecified atom stereocenters. The van der Waals surface area contributed by atoms with E-state index in [2.05, 4.69) is 9.88 Å². The van der Waals surface area contributed by atoms with Crippen molar-refractivity contribution in [3.8, 4) is 0 Å². The number of carbonyl (C=O) groups is 2. The SMILES string of the molecule is CC1CN2CCCC2CN1C(=O)c1ncccc1C(=O)O. The molecule has 2 saturated heterocycles. The van der Waals surface area contributed by atoms with E-state index in [1.165, 1.54) is 18.7 Å². The number of carboxylic acids is 1. The molecule has 1 aromatic heterocycles. The summed E-state index contributed by atoms with van der Waals surface area (Å²) in [5.41, 5.74) is 0.0202. The largest absolute Gasteiger partial charge is 0.478 e. The van der Waals surface area contributed by atoms with Crippen LogP contribution < -0.4 is 0 Å². The van der Waals surface area contributed by atoms with E-state index in [-0.39, 0.29) is 23.2 Å². The normalized spacial score (nSPS) is 25.7. The number of amides is 1. The van der Waals surface area contributed by atoms with Crippen LogP contribution in [0.4, 0.5) is 0 Å². The second kappa shape index (κ2) is 5.44. The molecule has 0 aromatic carbocycles. The second-order valence-electron chi connectivity index (χ2n) is 5.80. The number of piperazine rings is 1. The number of nitrogens with zero attached hydrogens (tertiary/aromatic N) is 3. The van der Waals surface area contributed by atoms with Crippen LogP contribution in [-0.4, -0.2) is 63.5 Å². The van der Waals surface area contributed by atoms with Crippen LogP contribution in [0.3, 0.4) is 0 Å². The Morgan fingerprint density at radius 3 is 2.95 bits per heavy atom. The van der Waals surface area contributed by atoms with E-state index in [1.54, 1.807) is 11.0 Å². The molecule has 2 fully saturated rings. The molecule has 0 aliphatic carbocycles. The number of aromatic carboxylic acids is 1. The standard InChI is InChI=1S/C15H19N3O3/c1-10-8-17-7-3-4-11(17)9-18(10)14(19)13-12(15(20)21)5-2-6-16-13/h2,5-6,10-11H,3-4,7-9H2,1H3,(H,20,21). The molecule has 6 nitrogen and oxygen atoms in total. The van der Waals surface area contributed by atoms with Crippen molar-refractivity contribution in [1.82, 2.24) is 14.8 Å². The van der Waals surface area contributed by atoms with Gasteiger partial charge in [0, 0.05) is 31.4 Å². The Morgan fingerprint density at radius 1 is 1.38 bits per heavy atom. The summed E-state index contributed by atoms with van der Waals surface area (Å²) in [6.45, 7) is 4.62. The number of fused-ring (bicyclic) bond motifs is 1. The van der Waals surface area contributed by atoms with Crippen LogP contribution in [0.5, 0.6) is 0 Å². The lowest BCUT2D eigenvalue weighted by Crippen LogP contribution is -2.57. The molecular weight excluding hydrogens is 270 g/mol. The Hall–Kier alpha value is -1.95. The fourth-order valence-corrected chi connectivity index (χ4v) is 3.35. The van der Waals surface area contributed by atoms with Crippen LogP contribution in [0.2, 0.25) is 0 Å². The van der Waals surface area contributed by atoms with Gasteiger partial charge >= 0.3 is 5.97 Å². The number of carboxylic acid groups (broad SMARTS) is 1. The third-order valence-corrected chi connectivity index (χ3v) is 4.44. The summed E-state index contributed by atoms with van der Waals surface area (Å²) in [6.07, 6.45) is 3.74. The third-order valence-electron chi connectivity index (χ3n) is 4.44. The second-order valence-corrected chi connectivity index (χ2v) is 5.80. The number of hydrogen-bond donors (Lipinski definition) is 1. The predicted molar refractivity (Wildman–Crippen MR) is 76.3 cm³/mol. The summed E-state index contributed by atoms with van der Waals surface area (Å²) in [6, 6.07) is 3.45. The lowest BCUT2D eigenvalue weighted by atomic mass is 10.1. The molecule has 21 heavy (non-hydrogen) atoms. The summed E-state index contributed by atoms with van der Waals surface area (Å²) in [5, 5.41) is 9.21. The molecule has 6 heteroatoms. The monoisotopic (exact) mass is 289 g/mol. The van der Waals surface area contributed by atoms with Gasteiger partial charge in [0.2, 0.25) is 0 Å². The fraction of sp³-hybridized carbons (Fsp3) is 0.533. The summed E-state index contributed by atoms with van der Waals surface area (Å²) in [5.74, 6) is -1.38. The molecule has 1 N–H and O–H groups in total.